The summed E-state index contributed by atoms with van der Waals surface area (Å²) in [5.74, 6) is 0.0114. The van der Waals surface area contributed by atoms with E-state index in [1.54, 1.807) is 42.1 Å². The summed E-state index contributed by atoms with van der Waals surface area (Å²) in [5.41, 5.74) is 8.23. The number of hydrogen-bond acceptors (Lipinski definition) is 6. The van der Waals surface area contributed by atoms with Crippen molar-refractivity contribution >= 4 is 28.6 Å². The van der Waals surface area contributed by atoms with Gasteiger partial charge in [-0.1, -0.05) is 18.2 Å². The van der Waals surface area contributed by atoms with Gasteiger partial charge in [0.15, 0.2) is 11.5 Å². The average Bonchev–Trinajstić information content (AvgIpc) is 3.21. The van der Waals surface area contributed by atoms with E-state index in [-0.39, 0.29) is 29.9 Å². The standard InChI is InChI=1S/C20H16FN7O/c1-10-14-16(22)24-18(25-17(14)26-20(10)29)15-12-6-4-8-23-19(12)28(27-15)9-11-5-2-3-7-13(11)21/h2-8,10H,9H2,1H3,(H3,22,24,25,26,29)/t10-/m1/s1. The molecule has 9 heteroatoms. The molecule has 8 nitrogen and oxygen atoms in total. The van der Waals surface area contributed by atoms with Crippen LogP contribution in [0.5, 0.6) is 0 Å². The van der Waals surface area contributed by atoms with E-state index in [4.69, 9.17) is 5.73 Å². The number of carbonyl (C=O) groups is 1. The second-order valence-corrected chi connectivity index (χ2v) is 6.88. The Morgan fingerprint density at radius 1 is 1.21 bits per heavy atom. The molecular weight excluding hydrogens is 373 g/mol. The van der Waals surface area contributed by atoms with Crippen molar-refractivity contribution in [2.24, 2.45) is 0 Å². The molecule has 1 amide bonds. The van der Waals surface area contributed by atoms with Crippen LogP contribution in [0, 0.1) is 5.82 Å². The third-order valence-corrected chi connectivity index (χ3v) is 5.04. The quantitative estimate of drug-likeness (QED) is 0.557. The lowest BCUT2D eigenvalue weighted by atomic mass is 10.1. The maximum atomic E-state index is 14.1. The van der Waals surface area contributed by atoms with Crippen LogP contribution >= 0.6 is 0 Å². The molecule has 1 aliphatic rings. The molecule has 4 heterocycles. The smallest absolute Gasteiger partial charge is 0.233 e. The van der Waals surface area contributed by atoms with Crippen LogP contribution in [0.2, 0.25) is 0 Å². The number of nitrogen functional groups attached to an aromatic ring is 1. The minimum absolute atomic E-state index is 0.172. The zero-order chi connectivity index (χ0) is 20.1. The number of hydrogen-bond donors (Lipinski definition) is 2. The summed E-state index contributed by atoms with van der Waals surface area (Å²) in [5, 5.41) is 8.03. The second-order valence-electron chi connectivity index (χ2n) is 6.88. The van der Waals surface area contributed by atoms with Crippen molar-refractivity contribution in [1.82, 2.24) is 24.7 Å². The van der Waals surface area contributed by atoms with Crippen molar-refractivity contribution < 1.29 is 9.18 Å². The number of rotatable bonds is 3. The van der Waals surface area contributed by atoms with Crippen molar-refractivity contribution in [3.05, 3.63) is 59.5 Å². The molecule has 29 heavy (non-hydrogen) atoms. The van der Waals surface area contributed by atoms with Crippen LogP contribution < -0.4 is 11.1 Å². The predicted octanol–water partition coefficient (Wildman–Crippen LogP) is 2.71. The van der Waals surface area contributed by atoms with Crippen molar-refractivity contribution in [1.29, 1.82) is 0 Å². The first-order valence-electron chi connectivity index (χ1n) is 9.06. The van der Waals surface area contributed by atoms with Gasteiger partial charge in [0.1, 0.15) is 23.1 Å². The number of nitrogens with zero attached hydrogens (tertiary/aromatic N) is 5. The Hall–Kier alpha value is -3.88. The number of anilines is 2. The minimum Gasteiger partial charge on any atom is -0.383 e. The first-order valence-corrected chi connectivity index (χ1v) is 9.06. The number of amides is 1. The zero-order valence-electron chi connectivity index (χ0n) is 15.4. The molecule has 0 radical (unpaired) electrons. The van der Waals surface area contributed by atoms with E-state index in [1.807, 2.05) is 6.07 Å². The summed E-state index contributed by atoms with van der Waals surface area (Å²) in [7, 11) is 0. The summed E-state index contributed by atoms with van der Waals surface area (Å²) in [6.07, 6.45) is 1.64. The van der Waals surface area contributed by atoms with Gasteiger partial charge in [0.2, 0.25) is 5.91 Å². The number of carbonyl (C=O) groups excluding carboxylic acids is 1. The fourth-order valence-corrected chi connectivity index (χ4v) is 3.54. The highest BCUT2D eigenvalue weighted by molar-refractivity contribution is 6.03. The molecule has 3 aromatic heterocycles. The molecule has 1 aromatic carbocycles. The molecule has 5 rings (SSSR count). The third-order valence-electron chi connectivity index (χ3n) is 5.04. The molecule has 1 atom stereocenters. The van der Waals surface area contributed by atoms with Crippen LogP contribution in [0.15, 0.2) is 42.6 Å². The van der Waals surface area contributed by atoms with Crippen molar-refractivity contribution in [3.63, 3.8) is 0 Å². The maximum Gasteiger partial charge on any atom is 0.233 e. The van der Waals surface area contributed by atoms with Crippen LogP contribution in [0.4, 0.5) is 16.0 Å². The first kappa shape index (κ1) is 17.2. The van der Waals surface area contributed by atoms with Crippen molar-refractivity contribution in [2.45, 2.75) is 19.4 Å². The number of halogens is 1. The summed E-state index contributed by atoms with van der Waals surface area (Å²) < 4.78 is 15.7. The Morgan fingerprint density at radius 2 is 2.03 bits per heavy atom. The zero-order valence-corrected chi connectivity index (χ0v) is 15.4. The van der Waals surface area contributed by atoms with E-state index < -0.39 is 5.92 Å². The summed E-state index contributed by atoms with van der Waals surface area (Å²) in [4.78, 5) is 25.2. The second kappa shape index (κ2) is 6.33. The molecule has 0 saturated heterocycles. The van der Waals surface area contributed by atoms with Gasteiger partial charge in [-0.2, -0.15) is 5.10 Å². The van der Waals surface area contributed by atoms with Gasteiger partial charge in [-0.25, -0.2) is 24.0 Å². The number of benzene rings is 1. The Labute approximate surface area is 164 Å². The molecule has 0 aliphatic carbocycles. The lowest BCUT2D eigenvalue weighted by molar-refractivity contribution is -0.116. The van der Waals surface area contributed by atoms with Gasteiger partial charge in [0.25, 0.3) is 0 Å². The maximum absolute atomic E-state index is 14.1. The molecule has 1 aliphatic heterocycles. The summed E-state index contributed by atoms with van der Waals surface area (Å²) in [6, 6.07) is 10.1. The lowest BCUT2D eigenvalue weighted by Crippen LogP contribution is -2.09. The predicted molar refractivity (Wildman–Crippen MR) is 106 cm³/mol. The topological polar surface area (TPSA) is 112 Å². The fraction of sp³-hybridized carbons (Fsp3) is 0.150. The lowest BCUT2D eigenvalue weighted by Gasteiger charge is -2.06. The number of nitrogens with one attached hydrogen (secondary N) is 1. The molecule has 144 valence electrons. The van der Waals surface area contributed by atoms with E-state index >= 15 is 0 Å². The molecule has 3 N–H and O–H groups in total. The average molecular weight is 389 g/mol. The molecule has 0 saturated carbocycles. The Morgan fingerprint density at radius 3 is 2.86 bits per heavy atom. The first-order chi connectivity index (χ1) is 14.0. The SMILES string of the molecule is C[C@H]1C(=O)Nc2nc(-c3nn(Cc4ccccc4F)c4ncccc34)nc(N)c21. The van der Waals surface area contributed by atoms with Crippen LogP contribution in [0.25, 0.3) is 22.6 Å². The highest BCUT2D eigenvalue weighted by atomic mass is 19.1. The van der Waals surface area contributed by atoms with Gasteiger partial charge in [0.05, 0.1) is 17.8 Å². The molecular formula is C20H16FN7O. The van der Waals surface area contributed by atoms with Crippen LogP contribution in [-0.4, -0.2) is 30.6 Å². The van der Waals surface area contributed by atoms with Crippen LogP contribution in [0.1, 0.15) is 24.0 Å². The molecule has 0 fully saturated rings. The number of nitrogens with two attached hydrogens (primary N) is 1. The van der Waals surface area contributed by atoms with Crippen LogP contribution in [0.3, 0.4) is 0 Å². The number of pyridine rings is 1. The normalized spacial score (nSPS) is 15.5. The van der Waals surface area contributed by atoms with Crippen molar-refractivity contribution in [2.75, 3.05) is 11.1 Å². The van der Waals surface area contributed by atoms with Gasteiger partial charge in [-0.05, 0) is 25.1 Å². The highest BCUT2D eigenvalue weighted by Crippen LogP contribution is 2.36. The van der Waals surface area contributed by atoms with E-state index in [9.17, 15) is 9.18 Å². The fourth-order valence-electron chi connectivity index (χ4n) is 3.54. The van der Waals surface area contributed by atoms with Gasteiger partial charge in [-0.3, -0.25) is 4.79 Å². The van der Waals surface area contributed by atoms with Gasteiger partial charge < -0.3 is 11.1 Å². The third kappa shape index (κ3) is 2.70. The largest absolute Gasteiger partial charge is 0.383 e. The number of aromatic nitrogens is 5. The summed E-state index contributed by atoms with van der Waals surface area (Å²) in [6.45, 7) is 1.96. The Balaban J connectivity index is 1.66. The number of fused-ring (bicyclic) bond motifs is 2. The highest BCUT2D eigenvalue weighted by Gasteiger charge is 2.32. The van der Waals surface area contributed by atoms with E-state index in [2.05, 4.69) is 25.4 Å². The molecule has 4 aromatic rings. The Kier molecular flexibility index (Phi) is 3.76. The van der Waals surface area contributed by atoms with E-state index in [0.717, 1.165) is 0 Å². The van der Waals surface area contributed by atoms with Gasteiger partial charge in [-0.15, -0.1) is 0 Å². The van der Waals surface area contributed by atoms with Gasteiger partial charge >= 0.3 is 0 Å². The van der Waals surface area contributed by atoms with E-state index in [1.165, 1.54) is 6.07 Å². The summed E-state index contributed by atoms with van der Waals surface area (Å²) >= 11 is 0. The van der Waals surface area contributed by atoms with Gasteiger partial charge in [0, 0.05) is 17.3 Å². The molecule has 0 bridgehead atoms. The Bertz CT molecular complexity index is 1280. The van der Waals surface area contributed by atoms with Crippen molar-refractivity contribution in [3.8, 4) is 11.5 Å². The minimum atomic E-state index is -0.406. The van der Waals surface area contributed by atoms with E-state index in [0.29, 0.717) is 33.7 Å². The molecule has 0 unspecified atom stereocenters. The molecule has 0 spiro atoms. The van der Waals surface area contributed by atoms with Crippen LogP contribution in [-0.2, 0) is 11.3 Å². The monoisotopic (exact) mass is 389 g/mol.